The summed E-state index contributed by atoms with van der Waals surface area (Å²) < 4.78 is 49.7. The van der Waals surface area contributed by atoms with Crippen LogP contribution in [-0.2, 0) is 15.7 Å². The highest BCUT2D eigenvalue weighted by molar-refractivity contribution is 5.84. The summed E-state index contributed by atoms with van der Waals surface area (Å²) in [4.78, 5) is 26.4. The molecule has 1 aliphatic carbocycles. The molecule has 2 fully saturated rings. The molecule has 1 saturated heterocycles. The molecule has 2 aliphatic rings. The van der Waals surface area contributed by atoms with E-state index in [1.165, 1.54) is 0 Å². The number of aromatic nitrogens is 2. The molecular weight excluding hydrogens is 417 g/mol. The highest BCUT2D eigenvalue weighted by Gasteiger charge is 2.61. The first-order valence-electron chi connectivity index (χ1n) is 9.99. The molecule has 1 aromatic rings. The van der Waals surface area contributed by atoms with Crippen molar-refractivity contribution in [1.82, 2.24) is 20.4 Å². The normalized spacial score (nSPS) is 23.2. The number of hydrogen-bond acceptors (Lipinski definition) is 6. The van der Waals surface area contributed by atoms with Crippen molar-refractivity contribution in [2.45, 2.75) is 51.9 Å². The summed E-state index contributed by atoms with van der Waals surface area (Å²) in [6.45, 7) is 9.36. The van der Waals surface area contributed by atoms with Crippen molar-refractivity contribution in [2.75, 3.05) is 19.7 Å². The Balaban J connectivity index is 1.51. The van der Waals surface area contributed by atoms with Crippen LogP contribution in [0.2, 0.25) is 0 Å². The van der Waals surface area contributed by atoms with E-state index in [0.717, 1.165) is 12.3 Å². The molecule has 2 amide bonds. The second-order valence-electron chi connectivity index (χ2n) is 9.65. The van der Waals surface area contributed by atoms with Crippen molar-refractivity contribution in [2.24, 2.45) is 17.8 Å². The van der Waals surface area contributed by atoms with Gasteiger partial charge in [0, 0.05) is 19.0 Å². The maximum absolute atomic E-state index is 13.0. The second kappa shape index (κ2) is 7.83. The number of nitrogens with zero attached hydrogens (tertiary/aromatic N) is 3. The maximum Gasteiger partial charge on any atom is 0.421 e. The minimum Gasteiger partial charge on any atom is -0.474 e. The lowest BCUT2D eigenvalue weighted by atomic mass is 10.1. The Kier molecular flexibility index (Phi) is 5.83. The fourth-order valence-corrected chi connectivity index (χ4v) is 3.73. The molecular formula is C20H27F3N4O4. The molecule has 0 aromatic carbocycles. The number of alkyl halides is 3. The lowest BCUT2D eigenvalue weighted by Gasteiger charge is -2.28. The molecule has 0 radical (unpaired) electrons. The molecule has 11 heteroatoms. The number of likely N-dealkylation sites (tertiary alicyclic amines) is 1. The molecule has 0 spiro atoms. The number of rotatable bonds is 5. The number of ether oxygens (including phenoxy) is 2. The van der Waals surface area contributed by atoms with Crippen molar-refractivity contribution in [3.8, 4) is 5.88 Å². The van der Waals surface area contributed by atoms with Crippen LogP contribution in [0.4, 0.5) is 18.0 Å². The minimum atomic E-state index is -4.62. The van der Waals surface area contributed by atoms with Gasteiger partial charge in [0.1, 0.15) is 17.8 Å². The summed E-state index contributed by atoms with van der Waals surface area (Å²) in [5.74, 6) is -0.960. The van der Waals surface area contributed by atoms with E-state index in [0.29, 0.717) is 13.1 Å². The van der Waals surface area contributed by atoms with E-state index in [9.17, 15) is 22.8 Å². The first-order chi connectivity index (χ1) is 14.2. The third kappa shape index (κ3) is 5.56. The molecule has 3 atom stereocenters. The van der Waals surface area contributed by atoms with Crippen LogP contribution in [0.25, 0.3) is 0 Å². The van der Waals surface area contributed by atoms with Crippen LogP contribution >= 0.6 is 0 Å². The third-order valence-electron chi connectivity index (χ3n) is 5.17. The fraction of sp³-hybridized carbons (Fsp3) is 0.700. The van der Waals surface area contributed by atoms with Gasteiger partial charge in [-0.2, -0.15) is 18.3 Å². The van der Waals surface area contributed by atoms with Gasteiger partial charge >= 0.3 is 12.3 Å². The Labute approximate surface area is 178 Å². The summed E-state index contributed by atoms with van der Waals surface area (Å²) in [5, 5.41) is 9.68. The molecule has 1 N–H and O–H groups in total. The molecule has 31 heavy (non-hydrogen) atoms. The van der Waals surface area contributed by atoms with Crippen LogP contribution in [0.15, 0.2) is 12.3 Å². The van der Waals surface area contributed by atoms with Gasteiger partial charge in [0.25, 0.3) is 0 Å². The first-order valence-corrected chi connectivity index (χ1v) is 9.99. The van der Waals surface area contributed by atoms with E-state index >= 15 is 0 Å². The van der Waals surface area contributed by atoms with Crippen molar-refractivity contribution in [1.29, 1.82) is 0 Å². The average Bonchev–Trinajstić information content (AvgIpc) is 3.12. The van der Waals surface area contributed by atoms with Gasteiger partial charge in [-0.1, -0.05) is 0 Å². The zero-order valence-electron chi connectivity index (χ0n) is 18.1. The van der Waals surface area contributed by atoms with Crippen molar-refractivity contribution in [3.63, 3.8) is 0 Å². The van der Waals surface area contributed by atoms with Crippen LogP contribution in [-0.4, -0.2) is 57.9 Å². The molecule has 172 valence electrons. The Morgan fingerprint density at radius 1 is 1.16 bits per heavy atom. The number of carbonyl (C=O) groups is 2. The predicted octanol–water partition coefficient (Wildman–Crippen LogP) is 2.88. The summed E-state index contributed by atoms with van der Waals surface area (Å²) in [7, 11) is 0. The minimum absolute atomic E-state index is 0.0565. The second-order valence-corrected chi connectivity index (χ2v) is 9.65. The topological polar surface area (TPSA) is 93.7 Å². The van der Waals surface area contributed by atoms with E-state index in [-0.39, 0.29) is 30.3 Å². The van der Waals surface area contributed by atoms with Gasteiger partial charge in [-0.25, -0.2) is 4.79 Å². The lowest BCUT2D eigenvalue weighted by Crippen LogP contribution is -2.49. The lowest BCUT2D eigenvalue weighted by molar-refractivity contribution is -0.139. The summed E-state index contributed by atoms with van der Waals surface area (Å²) >= 11 is 0. The van der Waals surface area contributed by atoms with Crippen molar-refractivity contribution < 1.29 is 32.2 Å². The average molecular weight is 444 g/mol. The van der Waals surface area contributed by atoms with Crippen LogP contribution < -0.4 is 10.1 Å². The standard InChI is InChI=1S/C20H27F3N4O4/c1-18(2,3)31-17(29)27-8-11-12(9-27)14(11)15(28)25-19(4,5)10-30-16-13(20(21,22)23)6-7-24-26-16/h6-7,11-12,14H,8-10H2,1-5H3,(H,25,28)/t11-,12+,14+. The number of nitrogens with one attached hydrogen (secondary N) is 1. The fourth-order valence-electron chi connectivity index (χ4n) is 3.73. The van der Waals surface area contributed by atoms with Gasteiger partial charge in [0.2, 0.25) is 11.8 Å². The highest BCUT2D eigenvalue weighted by atomic mass is 19.4. The van der Waals surface area contributed by atoms with Crippen LogP contribution in [0.3, 0.4) is 0 Å². The molecule has 8 nitrogen and oxygen atoms in total. The quantitative estimate of drug-likeness (QED) is 0.751. The zero-order chi connectivity index (χ0) is 23.2. The Hall–Kier alpha value is -2.59. The number of halogens is 3. The van der Waals surface area contributed by atoms with Gasteiger partial charge < -0.3 is 19.7 Å². The van der Waals surface area contributed by atoms with Gasteiger partial charge in [-0.15, -0.1) is 5.10 Å². The first kappa shape index (κ1) is 23.1. The number of hydrogen-bond donors (Lipinski definition) is 1. The van der Waals surface area contributed by atoms with Gasteiger partial charge in [0.05, 0.1) is 11.7 Å². The number of fused-ring (bicyclic) bond motifs is 1. The molecule has 2 heterocycles. The number of piperidine rings is 1. The maximum atomic E-state index is 13.0. The molecule has 1 aromatic heterocycles. The van der Waals surface area contributed by atoms with Crippen molar-refractivity contribution in [3.05, 3.63) is 17.8 Å². The van der Waals surface area contributed by atoms with Gasteiger partial charge in [-0.3, -0.25) is 4.79 Å². The summed E-state index contributed by atoms with van der Waals surface area (Å²) in [5.41, 5.74) is -2.54. The van der Waals surface area contributed by atoms with Crippen LogP contribution in [0.1, 0.15) is 40.2 Å². The number of amides is 2. The summed E-state index contributed by atoms with van der Waals surface area (Å²) in [6, 6.07) is 0.787. The predicted molar refractivity (Wildman–Crippen MR) is 103 cm³/mol. The van der Waals surface area contributed by atoms with Gasteiger partial charge in [-0.05, 0) is 52.5 Å². The Bertz CT molecular complexity index is 842. The highest BCUT2D eigenvalue weighted by Crippen LogP contribution is 2.52. The smallest absolute Gasteiger partial charge is 0.421 e. The molecule has 1 aliphatic heterocycles. The summed E-state index contributed by atoms with van der Waals surface area (Å²) in [6.07, 6.45) is -4.07. The van der Waals surface area contributed by atoms with E-state index in [2.05, 4.69) is 15.5 Å². The third-order valence-corrected chi connectivity index (χ3v) is 5.17. The van der Waals surface area contributed by atoms with E-state index < -0.39 is 34.9 Å². The largest absolute Gasteiger partial charge is 0.474 e. The zero-order valence-corrected chi connectivity index (χ0v) is 18.1. The van der Waals surface area contributed by atoms with E-state index in [4.69, 9.17) is 9.47 Å². The van der Waals surface area contributed by atoms with Gasteiger partial charge in [0.15, 0.2) is 0 Å². The Morgan fingerprint density at radius 3 is 2.32 bits per heavy atom. The SMILES string of the molecule is CC(C)(COc1nnccc1C(F)(F)F)NC(=O)[C@H]1[C@@H]2CN(C(=O)OC(C)(C)C)C[C@@H]21. The molecule has 3 rings (SSSR count). The van der Waals surface area contributed by atoms with Crippen LogP contribution in [0.5, 0.6) is 5.88 Å². The Morgan fingerprint density at radius 2 is 1.77 bits per heavy atom. The number of carbonyl (C=O) groups excluding carboxylic acids is 2. The molecule has 0 bridgehead atoms. The monoisotopic (exact) mass is 444 g/mol. The van der Waals surface area contributed by atoms with E-state index in [1.54, 1.807) is 39.5 Å². The molecule has 1 saturated carbocycles. The van der Waals surface area contributed by atoms with E-state index in [1.807, 2.05) is 0 Å². The molecule has 0 unspecified atom stereocenters. The van der Waals surface area contributed by atoms with Crippen molar-refractivity contribution >= 4 is 12.0 Å². The van der Waals surface area contributed by atoms with Crippen LogP contribution in [0, 0.1) is 17.8 Å².